The van der Waals surface area contributed by atoms with Gasteiger partial charge in [0.25, 0.3) is 0 Å². The van der Waals surface area contributed by atoms with E-state index in [0.29, 0.717) is 0 Å². The molecule has 0 amide bonds. The average molecular weight is 298 g/mol. The van der Waals surface area contributed by atoms with Crippen molar-refractivity contribution in [2.75, 3.05) is 31.2 Å². The number of nitrogens with one attached hydrogen (secondary N) is 1. The van der Waals surface area contributed by atoms with Crippen molar-refractivity contribution in [3.05, 3.63) is 22.2 Å². The Kier molecular flexibility index (Phi) is 3.94. The minimum absolute atomic E-state index is 0.827. The van der Waals surface area contributed by atoms with Crippen molar-refractivity contribution in [3.8, 4) is 0 Å². The van der Waals surface area contributed by atoms with Gasteiger partial charge >= 0.3 is 0 Å². The minimum atomic E-state index is 0.827. The van der Waals surface area contributed by atoms with Gasteiger partial charge < -0.3 is 16.0 Å². The van der Waals surface area contributed by atoms with Crippen LogP contribution in [0.15, 0.2) is 16.6 Å². The van der Waals surface area contributed by atoms with Crippen LogP contribution >= 0.6 is 15.9 Å². The molecule has 1 saturated carbocycles. The average Bonchev–Trinajstić information content (AvgIpc) is 3.09. The van der Waals surface area contributed by atoms with Gasteiger partial charge in [-0.3, -0.25) is 0 Å². The molecule has 1 fully saturated rings. The van der Waals surface area contributed by atoms with Gasteiger partial charge in [-0.05, 0) is 60.4 Å². The predicted molar refractivity (Wildman–Crippen MR) is 77.4 cm³/mol. The third kappa shape index (κ3) is 3.36. The van der Waals surface area contributed by atoms with E-state index in [1.807, 2.05) is 13.0 Å². The van der Waals surface area contributed by atoms with Crippen molar-refractivity contribution in [1.29, 1.82) is 0 Å². The number of rotatable bonds is 5. The Balaban J connectivity index is 1.87. The molecule has 0 unspecified atom stereocenters. The molecule has 0 bridgehead atoms. The van der Waals surface area contributed by atoms with E-state index < -0.39 is 0 Å². The summed E-state index contributed by atoms with van der Waals surface area (Å²) in [7, 11) is 2.20. The molecule has 0 saturated heterocycles. The quantitative estimate of drug-likeness (QED) is 0.821. The molecule has 1 aromatic rings. The van der Waals surface area contributed by atoms with Crippen molar-refractivity contribution in [1.82, 2.24) is 4.90 Å². The van der Waals surface area contributed by atoms with Crippen LogP contribution in [-0.2, 0) is 0 Å². The van der Waals surface area contributed by atoms with Gasteiger partial charge in [0.2, 0.25) is 0 Å². The lowest BCUT2D eigenvalue weighted by Gasteiger charge is -2.17. The van der Waals surface area contributed by atoms with Gasteiger partial charge in [0.05, 0.1) is 0 Å². The summed E-state index contributed by atoms with van der Waals surface area (Å²) in [6.45, 7) is 4.08. The van der Waals surface area contributed by atoms with Crippen LogP contribution in [0.3, 0.4) is 0 Å². The van der Waals surface area contributed by atoms with Crippen LogP contribution in [0, 0.1) is 6.92 Å². The number of likely N-dealkylation sites (N-methyl/N-ethyl adjacent to an activating group) is 1. The first-order chi connectivity index (χ1) is 8.08. The maximum atomic E-state index is 5.85. The van der Waals surface area contributed by atoms with E-state index in [0.717, 1.165) is 40.5 Å². The van der Waals surface area contributed by atoms with Crippen molar-refractivity contribution >= 4 is 27.3 Å². The highest BCUT2D eigenvalue weighted by molar-refractivity contribution is 9.10. The van der Waals surface area contributed by atoms with Crippen molar-refractivity contribution in [3.63, 3.8) is 0 Å². The lowest BCUT2D eigenvalue weighted by molar-refractivity contribution is 0.337. The number of nitrogen functional groups attached to an aromatic ring is 1. The zero-order chi connectivity index (χ0) is 12.4. The fraction of sp³-hybridized carbons (Fsp3) is 0.538. The first-order valence-corrected chi connectivity index (χ1v) is 6.87. The summed E-state index contributed by atoms with van der Waals surface area (Å²) in [5, 5.41) is 3.45. The largest absolute Gasteiger partial charge is 0.398 e. The molecule has 0 aromatic heterocycles. The van der Waals surface area contributed by atoms with Crippen LogP contribution in [0.1, 0.15) is 18.4 Å². The van der Waals surface area contributed by atoms with E-state index in [-0.39, 0.29) is 0 Å². The fourth-order valence-electron chi connectivity index (χ4n) is 1.90. The molecule has 2 rings (SSSR count). The SMILES string of the molecule is Cc1cc(NCCN(C)C2CC2)c(Br)cc1N. The second-order valence-electron chi connectivity index (χ2n) is 4.83. The van der Waals surface area contributed by atoms with Crippen molar-refractivity contribution < 1.29 is 0 Å². The van der Waals surface area contributed by atoms with E-state index >= 15 is 0 Å². The highest BCUT2D eigenvalue weighted by atomic mass is 79.9. The van der Waals surface area contributed by atoms with Crippen molar-refractivity contribution in [2.24, 2.45) is 0 Å². The second kappa shape index (κ2) is 5.27. The van der Waals surface area contributed by atoms with Crippen LogP contribution < -0.4 is 11.1 Å². The molecule has 4 heteroatoms. The predicted octanol–water partition coefficient (Wildman–Crippen LogP) is 2.85. The van der Waals surface area contributed by atoms with Gasteiger partial charge in [0.15, 0.2) is 0 Å². The lowest BCUT2D eigenvalue weighted by Crippen LogP contribution is -2.27. The fourth-order valence-corrected chi connectivity index (χ4v) is 2.40. The number of halogens is 1. The molecule has 3 nitrogen and oxygen atoms in total. The minimum Gasteiger partial charge on any atom is -0.398 e. The summed E-state index contributed by atoms with van der Waals surface area (Å²) in [4.78, 5) is 2.42. The number of benzene rings is 1. The van der Waals surface area contributed by atoms with E-state index in [2.05, 4.69) is 39.3 Å². The first-order valence-electron chi connectivity index (χ1n) is 6.07. The molecule has 17 heavy (non-hydrogen) atoms. The van der Waals surface area contributed by atoms with E-state index in [1.54, 1.807) is 0 Å². The normalized spacial score (nSPS) is 15.3. The Morgan fingerprint density at radius 1 is 1.47 bits per heavy atom. The van der Waals surface area contributed by atoms with Gasteiger partial charge in [-0.15, -0.1) is 0 Å². The molecule has 1 aliphatic carbocycles. The van der Waals surface area contributed by atoms with Gasteiger partial charge in [0.1, 0.15) is 0 Å². The Morgan fingerprint density at radius 3 is 2.82 bits per heavy atom. The number of hydrogen-bond acceptors (Lipinski definition) is 3. The summed E-state index contributed by atoms with van der Waals surface area (Å²) in [6, 6.07) is 4.88. The van der Waals surface area contributed by atoms with Crippen LogP contribution in [0.2, 0.25) is 0 Å². The van der Waals surface area contributed by atoms with Gasteiger partial charge in [-0.1, -0.05) is 0 Å². The molecule has 0 heterocycles. The summed E-state index contributed by atoms with van der Waals surface area (Å²) >= 11 is 3.53. The molecular weight excluding hydrogens is 278 g/mol. The number of nitrogens with zero attached hydrogens (tertiary/aromatic N) is 1. The number of anilines is 2. The van der Waals surface area contributed by atoms with Gasteiger partial charge in [-0.25, -0.2) is 0 Å². The van der Waals surface area contributed by atoms with E-state index in [1.165, 1.54) is 12.8 Å². The molecule has 1 aromatic carbocycles. The Hall–Kier alpha value is -0.740. The van der Waals surface area contributed by atoms with E-state index in [4.69, 9.17) is 5.73 Å². The Labute approximate surface area is 111 Å². The zero-order valence-corrected chi connectivity index (χ0v) is 12.0. The summed E-state index contributed by atoms with van der Waals surface area (Å²) in [6.07, 6.45) is 2.72. The third-order valence-corrected chi connectivity index (χ3v) is 3.96. The molecule has 0 spiro atoms. The first kappa shape index (κ1) is 12.7. The number of hydrogen-bond donors (Lipinski definition) is 2. The zero-order valence-electron chi connectivity index (χ0n) is 10.5. The van der Waals surface area contributed by atoms with Crippen LogP contribution in [0.4, 0.5) is 11.4 Å². The molecule has 3 N–H and O–H groups in total. The van der Waals surface area contributed by atoms with Crippen LogP contribution in [0.25, 0.3) is 0 Å². The maximum Gasteiger partial charge on any atom is 0.0489 e. The van der Waals surface area contributed by atoms with Gasteiger partial charge in [-0.2, -0.15) is 0 Å². The Bertz CT molecular complexity index is 402. The summed E-state index contributed by atoms with van der Waals surface area (Å²) in [5.74, 6) is 0. The van der Waals surface area contributed by atoms with Gasteiger partial charge in [0, 0.05) is 35.0 Å². The van der Waals surface area contributed by atoms with E-state index in [9.17, 15) is 0 Å². The Morgan fingerprint density at radius 2 is 2.18 bits per heavy atom. The second-order valence-corrected chi connectivity index (χ2v) is 5.68. The highest BCUT2D eigenvalue weighted by Crippen LogP contribution is 2.28. The molecule has 0 radical (unpaired) electrons. The topological polar surface area (TPSA) is 41.3 Å². The number of nitrogens with two attached hydrogens (primary N) is 1. The lowest BCUT2D eigenvalue weighted by atomic mass is 10.2. The molecular formula is C13H20BrN3. The summed E-state index contributed by atoms with van der Waals surface area (Å²) < 4.78 is 1.04. The maximum absolute atomic E-state index is 5.85. The molecule has 94 valence electrons. The van der Waals surface area contributed by atoms with Crippen molar-refractivity contribution in [2.45, 2.75) is 25.8 Å². The monoisotopic (exact) mass is 297 g/mol. The molecule has 1 aliphatic rings. The highest BCUT2D eigenvalue weighted by Gasteiger charge is 2.25. The van der Waals surface area contributed by atoms with Crippen LogP contribution in [0.5, 0.6) is 0 Å². The van der Waals surface area contributed by atoms with Crippen LogP contribution in [-0.4, -0.2) is 31.1 Å². The molecule has 0 aliphatic heterocycles. The standard InChI is InChI=1S/C13H20BrN3/c1-9-7-13(11(14)8-12(9)15)16-5-6-17(2)10-3-4-10/h7-8,10,16H,3-6,15H2,1-2H3. The molecule has 0 atom stereocenters. The number of aryl methyl sites for hydroxylation is 1. The third-order valence-electron chi connectivity index (χ3n) is 3.31. The summed E-state index contributed by atoms with van der Waals surface area (Å²) in [5.41, 5.74) is 8.92. The smallest absolute Gasteiger partial charge is 0.0489 e.